The predicted octanol–water partition coefficient (Wildman–Crippen LogP) is 4.32. The number of carbonyl (C=O) groups is 2. The van der Waals surface area contributed by atoms with E-state index in [1.54, 1.807) is 59.3 Å². The van der Waals surface area contributed by atoms with Gasteiger partial charge in [0.15, 0.2) is 11.6 Å². The van der Waals surface area contributed by atoms with Crippen molar-refractivity contribution in [1.82, 2.24) is 9.38 Å². The Kier molecular flexibility index (Phi) is 4.44. The summed E-state index contributed by atoms with van der Waals surface area (Å²) in [4.78, 5) is 28.5. The van der Waals surface area contributed by atoms with E-state index >= 15 is 0 Å². The van der Waals surface area contributed by atoms with Crippen LogP contribution in [0.1, 0.15) is 23.4 Å². The van der Waals surface area contributed by atoms with Gasteiger partial charge in [-0.15, -0.1) is 0 Å². The van der Waals surface area contributed by atoms with Crippen LogP contribution < -0.4 is 15.4 Å². The van der Waals surface area contributed by atoms with Gasteiger partial charge in [0.2, 0.25) is 5.91 Å². The molecule has 1 aromatic carbocycles. The van der Waals surface area contributed by atoms with E-state index < -0.39 is 0 Å². The second-order valence-corrected chi connectivity index (χ2v) is 7.08. The largest absolute Gasteiger partial charge is 0.459 e. The first-order chi connectivity index (χ1) is 14.6. The molecule has 5 rings (SSSR count). The average Bonchev–Trinajstić information content (AvgIpc) is 3.29. The minimum Gasteiger partial charge on any atom is -0.459 e. The summed E-state index contributed by atoms with van der Waals surface area (Å²) >= 11 is 0. The molecule has 1 aliphatic carbocycles. The normalized spacial score (nSPS) is 13.2. The average molecular weight is 402 g/mol. The summed E-state index contributed by atoms with van der Waals surface area (Å²) in [5.41, 5.74) is 1.29. The maximum Gasteiger partial charge on any atom is 0.291 e. The summed E-state index contributed by atoms with van der Waals surface area (Å²) < 4.78 is 12.8. The second-order valence-electron chi connectivity index (χ2n) is 7.08. The van der Waals surface area contributed by atoms with Gasteiger partial charge < -0.3 is 24.2 Å². The molecule has 0 unspecified atom stereocenters. The molecule has 4 aromatic rings. The Morgan fingerprint density at radius 2 is 1.93 bits per heavy atom. The molecular weight excluding hydrogens is 384 g/mol. The Bertz CT molecular complexity index is 1230. The molecule has 30 heavy (non-hydrogen) atoms. The number of rotatable bonds is 6. The van der Waals surface area contributed by atoms with Crippen LogP contribution >= 0.6 is 0 Å². The van der Waals surface area contributed by atoms with Crippen LogP contribution in [-0.4, -0.2) is 21.2 Å². The summed E-state index contributed by atoms with van der Waals surface area (Å²) in [6, 6.07) is 13.9. The molecule has 0 saturated heterocycles. The molecule has 8 nitrogen and oxygen atoms in total. The number of nitrogens with zero attached hydrogens (tertiary/aromatic N) is 2. The monoisotopic (exact) mass is 402 g/mol. The van der Waals surface area contributed by atoms with Gasteiger partial charge in [-0.05, 0) is 49.2 Å². The molecule has 2 N–H and O–H groups in total. The van der Waals surface area contributed by atoms with Crippen molar-refractivity contribution in [1.29, 1.82) is 0 Å². The number of furan rings is 1. The molecule has 0 atom stereocenters. The van der Waals surface area contributed by atoms with Gasteiger partial charge in [0.05, 0.1) is 18.7 Å². The molecule has 150 valence electrons. The number of nitrogens with one attached hydrogen (secondary N) is 2. The van der Waals surface area contributed by atoms with E-state index in [2.05, 4.69) is 15.6 Å². The molecule has 0 spiro atoms. The highest BCUT2D eigenvalue weighted by molar-refractivity contribution is 6.02. The fraction of sp³-hybridized carbons (Fsp3) is 0.136. The lowest BCUT2D eigenvalue weighted by Gasteiger charge is -2.08. The van der Waals surface area contributed by atoms with Crippen LogP contribution in [0.2, 0.25) is 0 Å². The van der Waals surface area contributed by atoms with Crippen molar-refractivity contribution in [3.05, 3.63) is 72.9 Å². The molecule has 3 aromatic heterocycles. The van der Waals surface area contributed by atoms with Crippen molar-refractivity contribution in [3.63, 3.8) is 0 Å². The molecule has 1 aliphatic rings. The van der Waals surface area contributed by atoms with Crippen LogP contribution in [0, 0.1) is 5.92 Å². The quantitative estimate of drug-likeness (QED) is 0.501. The van der Waals surface area contributed by atoms with Crippen LogP contribution in [0.3, 0.4) is 0 Å². The summed E-state index contributed by atoms with van der Waals surface area (Å²) in [6.45, 7) is 0. The van der Waals surface area contributed by atoms with Crippen molar-refractivity contribution in [3.8, 4) is 11.5 Å². The number of aromatic nitrogens is 2. The Hall–Kier alpha value is -4.07. The highest BCUT2D eigenvalue weighted by Crippen LogP contribution is 2.30. The summed E-state index contributed by atoms with van der Waals surface area (Å²) in [5, 5.41) is 5.61. The number of hydrogen-bond donors (Lipinski definition) is 2. The second kappa shape index (κ2) is 7.40. The van der Waals surface area contributed by atoms with Gasteiger partial charge in [0.25, 0.3) is 5.91 Å². The zero-order chi connectivity index (χ0) is 20.5. The van der Waals surface area contributed by atoms with Crippen LogP contribution in [0.25, 0.3) is 5.65 Å². The smallest absolute Gasteiger partial charge is 0.291 e. The maximum absolute atomic E-state index is 12.1. The van der Waals surface area contributed by atoms with Gasteiger partial charge in [-0.25, -0.2) is 4.98 Å². The third-order valence-corrected chi connectivity index (χ3v) is 4.70. The van der Waals surface area contributed by atoms with E-state index in [0.29, 0.717) is 28.7 Å². The van der Waals surface area contributed by atoms with E-state index in [9.17, 15) is 9.59 Å². The number of benzene rings is 1. The van der Waals surface area contributed by atoms with Crippen molar-refractivity contribution in [2.75, 3.05) is 10.6 Å². The molecule has 8 heteroatoms. The first-order valence-electron chi connectivity index (χ1n) is 9.56. The highest BCUT2D eigenvalue weighted by Gasteiger charge is 2.30. The van der Waals surface area contributed by atoms with E-state index in [-0.39, 0.29) is 23.5 Å². The fourth-order valence-corrected chi connectivity index (χ4v) is 3.04. The van der Waals surface area contributed by atoms with E-state index in [1.807, 2.05) is 6.07 Å². The molecule has 2 amide bonds. The van der Waals surface area contributed by atoms with Gasteiger partial charge in [-0.2, -0.15) is 0 Å². The lowest BCUT2D eigenvalue weighted by Crippen LogP contribution is -2.13. The van der Waals surface area contributed by atoms with Crippen molar-refractivity contribution < 1.29 is 18.7 Å². The van der Waals surface area contributed by atoms with Gasteiger partial charge in [-0.1, -0.05) is 6.07 Å². The minimum atomic E-state index is -0.335. The van der Waals surface area contributed by atoms with E-state index in [4.69, 9.17) is 9.15 Å². The fourth-order valence-electron chi connectivity index (χ4n) is 3.04. The number of anilines is 2. The molecule has 0 radical (unpaired) electrons. The van der Waals surface area contributed by atoms with Crippen molar-refractivity contribution in [2.45, 2.75) is 12.8 Å². The third kappa shape index (κ3) is 3.88. The van der Waals surface area contributed by atoms with E-state index in [0.717, 1.165) is 12.8 Å². The van der Waals surface area contributed by atoms with Crippen molar-refractivity contribution in [2.24, 2.45) is 5.92 Å². The molecule has 0 bridgehead atoms. The number of ether oxygens (including phenoxy) is 1. The predicted molar refractivity (Wildman–Crippen MR) is 110 cm³/mol. The van der Waals surface area contributed by atoms with E-state index in [1.165, 1.54) is 6.26 Å². The number of hydrogen-bond acceptors (Lipinski definition) is 5. The standard InChI is InChI=1S/C22H18N4O4/c27-21(14-6-7-14)25-19-13-26-12-17(8-9-20(26)24-19)30-16-4-1-3-15(11-16)23-22(28)18-5-2-10-29-18/h1-5,8-14H,6-7H2,(H,23,28)(H,25,27). The van der Waals surface area contributed by atoms with Crippen LogP contribution in [0.5, 0.6) is 11.5 Å². The van der Waals surface area contributed by atoms with Crippen LogP contribution in [0.15, 0.2) is 71.6 Å². The SMILES string of the molecule is O=C(Nc1cccc(Oc2ccc3nc(NC(=O)C4CC4)cn3c2)c1)c1ccco1. The first kappa shape index (κ1) is 18.0. The summed E-state index contributed by atoms with van der Waals surface area (Å²) in [6.07, 6.45) is 6.87. The summed E-state index contributed by atoms with van der Waals surface area (Å²) in [7, 11) is 0. The number of pyridine rings is 1. The number of fused-ring (bicyclic) bond motifs is 1. The number of amides is 2. The highest BCUT2D eigenvalue weighted by atomic mass is 16.5. The molecule has 1 fully saturated rings. The Balaban J connectivity index is 1.30. The van der Waals surface area contributed by atoms with Crippen molar-refractivity contribution >= 4 is 29.0 Å². The minimum absolute atomic E-state index is 0.0169. The zero-order valence-corrected chi connectivity index (χ0v) is 15.9. The first-order valence-corrected chi connectivity index (χ1v) is 9.56. The summed E-state index contributed by atoms with van der Waals surface area (Å²) in [5.74, 6) is 1.71. The zero-order valence-electron chi connectivity index (χ0n) is 15.9. The van der Waals surface area contributed by atoms with Crippen LogP contribution in [-0.2, 0) is 4.79 Å². The van der Waals surface area contributed by atoms with Gasteiger partial charge in [-0.3, -0.25) is 9.59 Å². The molecular formula is C22H18N4O4. The topological polar surface area (TPSA) is 97.9 Å². The lowest BCUT2D eigenvalue weighted by atomic mass is 10.3. The molecule has 3 heterocycles. The Morgan fingerprint density at radius 1 is 1.03 bits per heavy atom. The van der Waals surface area contributed by atoms with Gasteiger partial charge in [0, 0.05) is 17.7 Å². The number of carbonyl (C=O) groups excluding carboxylic acids is 2. The molecule has 1 saturated carbocycles. The Labute approximate surface area is 171 Å². The molecule has 0 aliphatic heterocycles. The Morgan fingerprint density at radius 3 is 2.73 bits per heavy atom. The van der Waals surface area contributed by atoms with Crippen LogP contribution in [0.4, 0.5) is 11.5 Å². The third-order valence-electron chi connectivity index (χ3n) is 4.70. The lowest BCUT2D eigenvalue weighted by molar-refractivity contribution is -0.117. The van der Waals surface area contributed by atoms with Gasteiger partial charge in [0.1, 0.15) is 17.1 Å². The maximum atomic E-state index is 12.1. The van der Waals surface area contributed by atoms with Gasteiger partial charge >= 0.3 is 0 Å². The number of imidazole rings is 1.